The van der Waals surface area contributed by atoms with Crippen LogP contribution in [0.25, 0.3) is 11.3 Å². The van der Waals surface area contributed by atoms with Crippen LogP contribution >= 0.6 is 0 Å². The zero-order valence-electron chi connectivity index (χ0n) is 13.6. The average molecular weight is 295 g/mol. The van der Waals surface area contributed by atoms with Gasteiger partial charge in [-0.2, -0.15) is 5.26 Å². The van der Waals surface area contributed by atoms with Gasteiger partial charge in [0.25, 0.3) is 5.56 Å². The molecule has 114 valence electrons. The Hall–Kier alpha value is -2.38. The van der Waals surface area contributed by atoms with Crippen molar-refractivity contribution in [1.29, 1.82) is 5.26 Å². The number of hydrogen-bond donors (Lipinski definition) is 0. The van der Waals surface area contributed by atoms with Gasteiger partial charge in [0.15, 0.2) is 0 Å². The second-order valence-electron chi connectivity index (χ2n) is 5.82. The van der Waals surface area contributed by atoms with Crippen LogP contribution in [0.1, 0.15) is 16.7 Å². The van der Waals surface area contributed by atoms with Crippen molar-refractivity contribution in [3.8, 4) is 17.3 Å². The lowest BCUT2D eigenvalue weighted by Crippen LogP contribution is -2.29. The van der Waals surface area contributed by atoms with E-state index >= 15 is 0 Å². The molecule has 0 spiro atoms. The van der Waals surface area contributed by atoms with E-state index in [4.69, 9.17) is 5.26 Å². The number of nitrogens with zero attached hydrogens (tertiary/aromatic N) is 3. The molecule has 1 heterocycles. The molecule has 1 aromatic carbocycles. The van der Waals surface area contributed by atoms with Gasteiger partial charge in [0, 0.05) is 18.7 Å². The number of pyridine rings is 1. The summed E-state index contributed by atoms with van der Waals surface area (Å²) in [5, 5.41) is 9.10. The van der Waals surface area contributed by atoms with Crippen molar-refractivity contribution in [2.45, 2.75) is 20.4 Å². The fourth-order valence-electron chi connectivity index (χ4n) is 2.52. The van der Waals surface area contributed by atoms with E-state index in [1.54, 1.807) is 10.6 Å². The third kappa shape index (κ3) is 3.26. The quantitative estimate of drug-likeness (QED) is 0.871. The first kappa shape index (κ1) is 16.0. The Morgan fingerprint density at radius 2 is 1.91 bits per heavy atom. The number of rotatable bonds is 4. The lowest BCUT2D eigenvalue weighted by Gasteiger charge is -2.17. The molecule has 0 unspecified atom stereocenters. The minimum absolute atomic E-state index is 0.187. The van der Waals surface area contributed by atoms with Crippen LogP contribution < -0.4 is 5.56 Å². The normalized spacial score (nSPS) is 10.7. The second kappa shape index (κ2) is 6.59. The van der Waals surface area contributed by atoms with E-state index in [9.17, 15) is 4.79 Å². The maximum atomic E-state index is 12.5. The summed E-state index contributed by atoms with van der Waals surface area (Å²) < 4.78 is 1.70. The Labute approximate surface area is 131 Å². The molecular weight excluding hydrogens is 274 g/mol. The van der Waals surface area contributed by atoms with Crippen LogP contribution in [-0.4, -0.2) is 30.1 Å². The summed E-state index contributed by atoms with van der Waals surface area (Å²) in [6.07, 6.45) is 0. The zero-order valence-corrected chi connectivity index (χ0v) is 13.6. The van der Waals surface area contributed by atoms with Crippen LogP contribution in [0.15, 0.2) is 35.1 Å². The fraction of sp³-hybridized carbons (Fsp3) is 0.333. The smallest absolute Gasteiger partial charge is 0.268 e. The monoisotopic (exact) mass is 295 g/mol. The second-order valence-corrected chi connectivity index (χ2v) is 5.82. The molecule has 0 radical (unpaired) electrons. The van der Waals surface area contributed by atoms with Gasteiger partial charge in [0.05, 0.1) is 5.69 Å². The first-order valence-electron chi connectivity index (χ1n) is 7.30. The van der Waals surface area contributed by atoms with Crippen LogP contribution in [0.2, 0.25) is 0 Å². The van der Waals surface area contributed by atoms with Gasteiger partial charge >= 0.3 is 0 Å². The van der Waals surface area contributed by atoms with E-state index in [-0.39, 0.29) is 11.1 Å². The highest BCUT2D eigenvalue weighted by atomic mass is 16.1. The van der Waals surface area contributed by atoms with Gasteiger partial charge in [-0.25, -0.2) is 0 Å². The summed E-state index contributed by atoms with van der Waals surface area (Å²) in [6, 6.07) is 11.6. The van der Waals surface area contributed by atoms with Crippen LogP contribution in [0.3, 0.4) is 0 Å². The van der Waals surface area contributed by atoms with Crippen molar-refractivity contribution in [2.75, 3.05) is 20.6 Å². The molecule has 0 saturated carbocycles. The number of aromatic nitrogens is 1. The van der Waals surface area contributed by atoms with E-state index in [2.05, 4.69) is 13.0 Å². The molecule has 0 aliphatic rings. The summed E-state index contributed by atoms with van der Waals surface area (Å²) in [6.45, 7) is 5.40. The summed E-state index contributed by atoms with van der Waals surface area (Å²) in [5.74, 6) is 0. The molecule has 0 bridgehead atoms. The molecule has 0 aliphatic carbocycles. The third-order valence-electron chi connectivity index (χ3n) is 3.72. The molecule has 0 amide bonds. The summed E-state index contributed by atoms with van der Waals surface area (Å²) >= 11 is 0. The Kier molecular flexibility index (Phi) is 4.79. The SMILES string of the molecule is Cc1ccc(-c2ccc(C#N)c(=O)n2CCN(C)C)c(C)c1. The number of nitriles is 1. The number of aryl methyl sites for hydroxylation is 2. The highest BCUT2D eigenvalue weighted by molar-refractivity contribution is 5.65. The van der Waals surface area contributed by atoms with E-state index in [1.807, 2.05) is 50.2 Å². The van der Waals surface area contributed by atoms with Crippen molar-refractivity contribution in [2.24, 2.45) is 0 Å². The molecule has 2 rings (SSSR count). The Bertz CT molecular complexity index is 782. The van der Waals surface area contributed by atoms with Crippen molar-refractivity contribution < 1.29 is 0 Å². The molecule has 0 fully saturated rings. The Morgan fingerprint density at radius 3 is 2.50 bits per heavy atom. The van der Waals surface area contributed by atoms with Crippen LogP contribution in [-0.2, 0) is 6.54 Å². The van der Waals surface area contributed by atoms with Crippen LogP contribution in [0, 0.1) is 25.2 Å². The van der Waals surface area contributed by atoms with Gasteiger partial charge < -0.3 is 9.47 Å². The molecule has 1 aromatic heterocycles. The van der Waals surface area contributed by atoms with E-state index in [1.165, 1.54) is 5.56 Å². The Morgan fingerprint density at radius 1 is 1.18 bits per heavy atom. The minimum atomic E-state index is -0.221. The lowest BCUT2D eigenvalue weighted by molar-refractivity contribution is 0.382. The topological polar surface area (TPSA) is 49.0 Å². The molecule has 4 heteroatoms. The maximum Gasteiger partial charge on any atom is 0.268 e. The lowest BCUT2D eigenvalue weighted by atomic mass is 10.0. The molecular formula is C18H21N3O. The summed E-state index contributed by atoms with van der Waals surface area (Å²) in [7, 11) is 3.94. The van der Waals surface area contributed by atoms with Gasteiger partial charge in [-0.05, 0) is 45.6 Å². The van der Waals surface area contributed by atoms with Gasteiger partial charge in [-0.1, -0.05) is 23.8 Å². The van der Waals surface area contributed by atoms with Crippen molar-refractivity contribution >= 4 is 0 Å². The van der Waals surface area contributed by atoms with Gasteiger partial charge in [-0.3, -0.25) is 4.79 Å². The van der Waals surface area contributed by atoms with Crippen molar-refractivity contribution in [3.63, 3.8) is 0 Å². The molecule has 0 N–H and O–H groups in total. The summed E-state index contributed by atoms with van der Waals surface area (Å²) in [4.78, 5) is 14.5. The van der Waals surface area contributed by atoms with Gasteiger partial charge in [0.2, 0.25) is 0 Å². The zero-order chi connectivity index (χ0) is 16.3. The maximum absolute atomic E-state index is 12.5. The van der Waals surface area contributed by atoms with E-state index in [0.717, 1.165) is 23.4 Å². The number of likely N-dealkylation sites (N-methyl/N-ethyl adjacent to an activating group) is 1. The number of hydrogen-bond acceptors (Lipinski definition) is 3. The van der Waals surface area contributed by atoms with Gasteiger partial charge in [0.1, 0.15) is 11.6 Å². The van der Waals surface area contributed by atoms with Crippen molar-refractivity contribution in [1.82, 2.24) is 9.47 Å². The van der Waals surface area contributed by atoms with Gasteiger partial charge in [-0.15, -0.1) is 0 Å². The largest absolute Gasteiger partial charge is 0.308 e. The predicted molar refractivity (Wildman–Crippen MR) is 88.9 cm³/mol. The molecule has 0 atom stereocenters. The molecule has 4 nitrogen and oxygen atoms in total. The Balaban J connectivity index is 2.62. The average Bonchev–Trinajstić information content (AvgIpc) is 2.46. The summed E-state index contributed by atoms with van der Waals surface area (Å²) in [5.41, 5.74) is 4.18. The van der Waals surface area contributed by atoms with Crippen LogP contribution in [0.4, 0.5) is 0 Å². The highest BCUT2D eigenvalue weighted by Crippen LogP contribution is 2.23. The van der Waals surface area contributed by atoms with Crippen molar-refractivity contribution in [3.05, 3.63) is 57.4 Å². The molecule has 22 heavy (non-hydrogen) atoms. The first-order valence-corrected chi connectivity index (χ1v) is 7.30. The fourth-order valence-corrected chi connectivity index (χ4v) is 2.52. The molecule has 0 saturated heterocycles. The number of benzene rings is 1. The molecule has 0 aliphatic heterocycles. The first-order chi connectivity index (χ1) is 10.4. The standard InChI is InChI=1S/C18H21N3O/c1-13-5-7-16(14(2)11-13)17-8-6-15(12-19)18(22)21(17)10-9-20(3)4/h5-8,11H,9-10H2,1-4H3. The predicted octanol–water partition coefficient (Wildman–Crippen LogP) is 2.57. The van der Waals surface area contributed by atoms with E-state index < -0.39 is 0 Å². The molecule has 2 aromatic rings. The minimum Gasteiger partial charge on any atom is -0.308 e. The third-order valence-corrected chi connectivity index (χ3v) is 3.72. The highest BCUT2D eigenvalue weighted by Gasteiger charge is 2.12. The van der Waals surface area contributed by atoms with Crippen LogP contribution in [0.5, 0.6) is 0 Å². The van der Waals surface area contributed by atoms with E-state index in [0.29, 0.717) is 6.54 Å².